The SMILES string of the molecule is CC(O)CC(=C(F)F)c1ccccc1. The first-order valence-corrected chi connectivity index (χ1v) is 4.39. The third-order valence-electron chi connectivity index (χ3n) is 1.85. The maximum absolute atomic E-state index is 12.5. The number of hydrogen-bond donors (Lipinski definition) is 1. The van der Waals surface area contributed by atoms with E-state index in [0.29, 0.717) is 5.56 Å². The second kappa shape index (κ2) is 4.86. The van der Waals surface area contributed by atoms with Crippen LogP contribution in [0.1, 0.15) is 18.9 Å². The molecule has 14 heavy (non-hydrogen) atoms. The molecule has 0 fully saturated rings. The van der Waals surface area contributed by atoms with Crippen molar-refractivity contribution in [1.29, 1.82) is 0 Å². The summed E-state index contributed by atoms with van der Waals surface area (Å²) in [6.07, 6.45) is -2.50. The summed E-state index contributed by atoms with van der Waals surface area (Å²) in [5.74, 6) is 0. The maximum atomic E-state index is 12.5. The number of halogens is 2. The van der Waals surface area contributed by atoms with Gasteiger partial charge in [0.1, 0.15) is 0 Å². The minimum atomic E-state index is -1.72. The number of hydrogen-bond acceptors (Lipinski definition) is 1. The summed E-state index contributed by atoms with van der Waals surface area (Å²) in [5, 5.41) is 9.07. The van der Waals surface area contributed by atoms with Crippen molar-refractivity contribution < 1.29 is 13.9 Å². The second-order valence-electron chi connectivity index (χ2n) is 3.16. The topological polar surface area (TPSA) is 20.2 Å². The Labute approximate surface area is 81.7 Å². The fourth-order valence-corrected chi connectivity index (χ4v) is 1.24. The van der Waals surface area contributed by atoms with Crippen molar-refractivity contribution in [2.75, 3.05) is 0 Å². The van der Waals surface area contributed by atoms with E-state index in [4.69, 9.17) is 5.11 Å². The quantitative estimate of drug-likeness (QED) is 0.791. The van der Waals surface area contributed by atoms with Gasteiger partial charge in [-0.1, -0.05) is 30.3 Å². The second-order valence-corrected chi connectivity index (χ2v) is 3.16. The smallest absolute Gasteiger partial charge is 0.274 e. The van der Waals surface area contributed by atoms with Crippen LogP contribution in [0, 0.1) is 0 Å². The highest BCUT2D eigenvalue weighted by Crippen LogP contribution is 2.25. The van der Waals surface area contributed by atoms with Gasteiger partial charge in [0.25, 0.3) is 6.08 Å². The molecule has 1 N–H and O–H groups in total. The van der Waals surface area contributed by atoms with E-state index in [0.717, 1.165) is 0 Å². The molecular weight excluding hydrogens is 186 g/mol. The molecule has 3 heteroatoms. The largest absolute Gasteiger partial charge is 0.393 e. The van der Waals surface area contributed by atoms with Gasteiger partial charge in [0, 0.05) is 12.0 Å². The average molecular weight is 198 g/mol. The van der Waals surface area contributed by atoms with Crippen LogP contribution in [0.3, 0.4) is 0 Å². The number of rotatable bonds is 3. The van der Waals surface area contributed by atoms with Crippen LogP contribution in [0.2, 0.25) is 0 Å². The van der Waals surface area contributed by atoms with Gasteiger partial charge in [0.05, 0.1) is 6.10 Å². The molecule has 0 saturated carbocycles. The summed E-state index contributed by atoms with van der Waals surface area (Å²) in [4.78, 5) is 0. The van der Waals surface area contributed by atoms with Gasteiger partial charge in [0.15, 0.2) is 0 Å². The summed E-state index contributed by atoms with van der Waals surface area (Å²) in [7, 11) is 0. The summed E-state index contributed by atoms with van der Waals surface area (Å²) >= 11 is 0. The van der Waals surface area contributed by atoms with Crippen LogP contribution in [0.15, 0.2) is 36.4 Å². The zero-order valence-corrected chi connectivity index (χ0v) is 7.87. The van der Waals surface area contributed by atoms with Gasteiger partial charge in [0.2, 0.25) is 0 Å². The van der Waals surface area contributed by atoms with E-state index in [2.05, 4.69) is 0 Å². The van der Waals surface area contributed by atoms with Crippen LogP contribution < -0.4 is 0 Å². The predicted octanol–water partition coefficient (Wildman–Crippen LogP) is 3.07. The highest BCUT2D eigenvalue weighted by atomic mass is 19.3. The average Bonchev–Trinajstić information content (AvgIpc) is 2.15. The first-order valence-electron chi connectivity index (χ1n) is 4.39. The Bertz CT molecular complexity index is 313. The van der Waals surface area contributed by atoms with Crippen molar-refractivity contribution in [2.24, 2.45) is 0 Å². The molecule has 0 aliphatic rings. The fourth-order valence-electron chi connectivity index (χ4n) is 1.24. The van der Waals surface area contributed by atoms with Gasteiger partial charge in [-0.25, -0.2) is 0 Å². The van der Waals surface area contributed by atoms with E-state index in [-0.39, 0.29) is 12.0 Å². The van der Waals surface area contributed by atoms with Gasteiger partial charge in [-0.15, -0.1) is 0 Å². The normalized spacial score (nSPS) is 12.3. The minimum absolute atomic E-state index is 0.0215. The van der Waals surface area contributed by atoms with E-state index >= 15 is 0 Å². The zero-order chi connectivity index (χ0) is 10.6. The third kappa shape index (κ3) is 2.92. The van der Waals surface area contributed by atoms with Crippen molar-refractivity contribution in [1.82, 2.24) is 0 Å². The van der Waals surface area contributed by atoms with E-state index in [9.17, 15) is 8.78 Å². The summed E-state index contributed by atoms with van der Waals surface area (Å²) in [5.41, 5.74) is 0.383. The molecule has 1 nitrogen and oxygen atoms in total. The van der Waals surface area contributed by atoms with Crippen molar-refractivity contribution in [3.05, 3.63) is 42.0 Å². The van der Waals surface area contributed by atoms with Gasteiger partial charge in [-0.2, -0.15) is 8.78 Å². The standard InChI is InChI=1S/C11H12F2O/c1-8(14)7-10(11(12)13)9-5-3-2-4-6-9/h2-6,8,14H,7H2,1H3. The van der Waals surface area contributed by atoms with Crippen LogP contribution >= 0.6 is 0 Å². The Morgan fingerprint density at radius 2 is 1.86 bits per heavy atom. The molecule has 0 saturated heterocycles. The lowest BCUT2D eigenvalue weighted by atomic mass is 10.0. The Kier molecular flexibility index (Phi) is 3.77. The van der Waals surface area contributed by atoms with Crippen LogP contribution in [0.25, 0.3) is 5.57 Å². The predicted molar refractivity (Wildman–Crippen MR) is 51.9 cm³/mol. The lowest BCUT2D eigenvalue weighted by Gasteiger charge is -2.08. The molecule has 76 valence electrons. The molecule has 0 spiro atoms. The van der Waals surface area contributed by atoms with E-state index < -0.39 is 12.2 Å². The van der Waals surface area contributed by atoms with E-state index in [1.165, 1.54) is 6.92 Å². The zero-order valence-electron chi connectivity index (χ0n) is 7.87. The monoisotopic (exact) mass is 198 g/mol. The molecule has 0 aliphatic carbocycles. The van der Waals surface area contributed by atoms with Crippen LogP contribution in [-0.2, 0) is 0 Å². The minimum Gasteiger partial charge on any atom is -0.393 e. The lowest BCUT2D eigenvalue weighted by Crippen LogP contribution is -2.01. The van der Waals surface area contributed by atoms with Crippen molar-refractivity contribution in [2.45, 2.75) is 19.4 Å². The molecule has 0 amide bonds. The molecule has 0 aromatic heterocycles. The van der Waals surface area contributed by atoms with Crippen LogP contribution in [0.4, 0.5) is 8.78 Å². The Morgan fingerprint density at radius 1 is 1.29 bits per heavy atom. The van der Waals surface area contributed by atoms with Gasteiger partial charge >= 0.3 is 0 Å². The summed E-state index contributed by atoms with van der Waals surface area (Å²) in [6, 6.07) is 8.37. The molecule has 1 aromatic rings. The Balaban J connectivity index is 2.97. The highest BCUT2D eigenvalue weighted by molar-refractivity contribution is 5.66. The van der Waals surface area contributed by atoms with Crippen molar-refractivity contribution in [3.8, 4) is 0 Å². The van der Waals surface area contributed by atoms with Gasteiger partial charge in [-0.3, -0.25) is 0 Å². The van der Waals surface area contributed by atoms with E-state index in [1.807, 2.05) is 0 Å². The Morgan fingerprint density at radius 3 is 2.29 bits per heavy atom. The van der Waals surface area contributed by atoms with Crippen molar-refractivity contribution >= 4 is 5.57 Å². The molecule has 1 aromatic carbocycles. The van der Waals surface area contributed by atoms with Crippen LogP contribution in [-0.4, -0.2) is 11.2 Å². The van der Waals surface area contributed by atoms with Crippen molar-refractivity contribution in [3.63, 3.8) is 0 Å². The van der Waals surface area contributed by atoms with E-state index in [1.54, 1.807) is 30.3 Å². The lowest BCUT2D eigenvalue weighted by molar-refractivity contribution is 0.199. The molecule has 1 unspecified atom stereocenters. The van der Waals surface area contributed by atoms with Gasteiger partial charge < -0.3 is 5.11 Å². The molecule has 1 rings (SSSR count). The Hall–Kier alpha value is -1.22. The molecule has 0 radical (unpaired) electrons. The molecule has 0 aliphatic heterocycles. The maximum Gasteiger partial charge on any atom is 0.274 e. The first-order chi connectivity index (χ1) is 6.61. The third-order valence-corrected chi connectivity index (χ3v) is 1.85. The van der Waals surface area contributed by atoms with Gasteiger partial charge in [-0.05, 0) is 12.5 Å². The first kappa shape index (κ1) is 10.9. The summed E-state index contributed by atoms with van der Waals surface area (Å²) in [6.45, 7) is 1.49. The highest BCUT2D eigenvalue weighted by Gasteiger charge is 2.11. The number of benzene rings is 1. The summed E-state index contributed by atoms with van der Waals surface area (Å²) < 4.78 is 25.0. The number of aliphatic hydroxyl groups is 1. The molecule has 1 atom stereocenters. The number of aliphatic hydroxyl groups excluding tert-OH is 1. The molecular formula is C11H12F2O. The molecule has 0 bridgehead atoms. The van der Waals surface area contributed by atoms with Crippen LogP contribution in [0.5, 0.6) is 0 Å². The fraction of sp³-hybridized carbons (Fsp3) is 0.273. The molecule has 0 heterocycles.